The predicted molar refractivity (Wildman–Crippen MR) is 75.5 cm³/mol. The summed E-state index contributed by atoms with van der Waals surface area (Å²) in [6.45, 7) is 1.97. The van der Waals surface area contributed by atoms with E-state index < -0.39 is 10.0 Å². The van der Waals surface area contributed by atoms with E-state index in [4.69, 9.17) is 0 Å². The summed E-state index contributed by atoms with van der Waals surface area (Å²) in [5.74, 6) is 0. The topological polar surface area (TPSA) is 37.1 Å². The monoisotopic (exact) mass is 279 g/mol. The van der Waals surface area contributed by atoms with Crippen LogP contribution in [0.15, 0.2) is 29.2 Å². The van der Waals surface area contributed by atoms with Crippen LogP contribution in [-0.4, -0.2) is 24.8 Å². The highest BCUT2D eigenvalue weighted by Crippen LogP contribution is 2.42. The number of nitrogens with zero attached hydrogens (tertiary/aromatic N) is 1. The molecule has 19 heavy (non-hydrogen) atoms. The van der Waals surface area contributed by atoms with Crippen LogP contribution < -0.4 is 0 Å². The van der Waals surface area contributed by atoms with Crippen molar-refractivity contribution in [1.29, 1.82) is 0 Å². The van der Waals surface area contributed by atoms with Crippen LogP contribution >= 0.6 is 0 Å². The minimum atomic E-state index is -3.26. The first-order valence-electron chi connectivity index (χ1n) is 7.21. The van der Waals surface area contributed by atoms with Gasteiger partial charge in [0.05, 0.1) is 4.90 Å². The van der Waals surface area contributed by atoms with Crippen molar-refractivity contribution in [3.8, 4) is 0 Å². The number of fused-ring (bicyclic) bond motifs is 1. The van der Waals surface area contributed by atoms with Gasteiger partial charge in [-0.05, 0) is 31.9 Å². The molecule has 1 saturated heterocycles. The molecule has 3 nitrogen and oxygen atoms in total. The molecule has 1 aromatic carbocycles. The zero-order valence-corrected chi connectivity index (χ0v) is 12.2. The molecule has 0 bridgehead atoms. The lowest BCUT2D eigenvalue weighted by Crippen LogP contribution is -2.16. The first kappa shape index (κ1) is 13.1. The van der Waals surface area contributed by atoms with E-state index in [-0.39, 0.29) is 12.1 Å². The molecule has 1 aliphatic heterocycles. The van der Waals surface area contributed by atoms with E-state index in [1.54, 1.807) is 16.4 Å². The quantitative estimate of drug-likeness (QED) is 0.780. The van der Waals surface area contributed by atoms with Gasteiger partial charge in [0.2, 0.25) is 10.0 Å². The Bertz CT molecular complexity index is 536. The Hall–Kier alpha value is -0.870. The molecule has 2 atom stereocenters. The molecule has 2 aliphatic rings. The van der Waals surface area contributed by atoms with E-state index in [0.29, 0.717) is 4.90 Å². The Morgan fingerprint density at radius 1 is 0.947 bits per heavy atom. The van der Waals surface area contributed by atoms with E-state index in [1.807, 2.05) is 19.1 Å². The van der Waals surface area contributed by atoms with Gasteiger partial charge in [-0.3, -0.25) is 0 Å². The highest BCUT2D eigenvalue weighted by Gasteiger charge is 2.54. The average molecular weight is 279 g/mol. The summed E-state index contributed by atoms with van der Waals surface area (Å²) in [5.41, 5.74) is 1.09. The van der Waals surface area contributed by atoms with Crippen LogP contribution in [0.3, 0.4) is 0 Å². The van der Waals surface area contributed by atoms with Gasteiger partial charge >= 0.3 is 0 Å². The fourth-order valence-electron chi connectivity index (χ4n) is 3.20. The molecule has 1 aromatic rings. The Morgan fingerprint density at radius 3 is 2.00 bits per heavy atom. The molecular formula is C15H21NO2S. The van der Waals surface area contributed by atoms with Crippen molar-refractivity contribution >= 4 is 10.0 Å². The van der Waals surface area contributed by atoms with Crippen LogP contribution in [0.25, 0.3) is 0 Å². The number of hydrogen-bond acceptors (Lipinski definition) is 2. The second-order valence-corrected chi connectivity index (χ2v) is 7.62. The number of benzene rings is 1. The highest BCUT2D eigenvalue weighted by atomic mass is 32.2. The smallest absolute Gasteiger partial charge is 0.207 e. The number of rotatable bonds is 2. The van der Waals surface area contributed by atoms with Gasteiger partial charge in [0, 0.05) is 12.1 Å². The minimum absolute atomic E-state index is 0.270. The van der Waals surface area contributed by atoms with Gasteiger partial charge in [0.25, 0.3) is 0 Å². The molecule has 1 aliphatic carbocycles. The van der Waals surface area contributed by atoms with Crippen molar-refractivity contribution in [2.45, 2.75) is 62.4 Å². The van der Waals surface area contributed by atoms with Crippen LogP contribution in [0, 0.1) is 6.92 Å². The van der Waals surface area contributed by atoms with Crippen molar-refractivity contribution in [3.05, 3.63) is 29.8 Å². The Balaban J connectivity index is 1.83. The number of hydrogen-bond donors (Lipinski definition) is 0. The molecule has 2 unspecified atom stereocenters. The zero-order chi connectivity index (χ0) is 13.5. The highest BCUT2D eigenvalue weighted by molar-refractivity contribution is 7.89. The maximum Gasteiger partial charge on any atom is 0.243 e. The van der Waals surface area contributed by atoms with Crippen LogP contribution in [0.1, 0.15) is 44.1 Å². The van der Waals surface area contributed by atoms with Gasteiger partial charge < -0.3 is 0 Å². The van der Waals surface area contributed by atoms with Gasteiger partial charge in [-0.1, -0.05) is 43.4 Å². The Labute approximate surface area is 115 Å². The second-order valence-electron chi connectivity index (χ2n) is 5.77. The van der Waals surface area contributed by atoms with Crippen molar-refractivity contribution in [3.63, 3.8) is 0 Å². The first-order chi connectivity index (χ1) is 9.10. The molecule has 2 fully saturated rings. The summed E-state index contributed by atoms with van der Waals surface area (Å²) in [6.07, 6.45) is 6.91. The standard InChI is InChI=1S/C15H21NO2S/c1-12-8-10-13(11-9-12)19(17,18)16-14-6-4-2-3-5-7-15(14)16/h8-11,14-15H,2-7H2,1H3. The summed E-state index contributed by atoms with van der Waals surface area (Å²) in [5, 5.41) is 0. The lowest BCUT2D eigenvalue weighted by molar-refractivity contribution is 0.538. The number of aryl methyl sites for hydroxylation is 1. The SMILES string of the molecule is Cc1ccc(S(=O)(=O)N2C3CCCCCCC32)cc1. The number of sulfonamides is 1. The maximum atomic E-state index is 12.6. The lowest BCUT2D eigenvalue weighted by atomic mass is 10.0. The van der Waals surface area contributed by atoms with Gasteiger partial charge in [-0.25, -0.2) is 8.42 Å². The normalized spacial score (nSPS) is 31.1. The summed E-state index contributed by atoms with van der Waals surface area (Å²) >= 11 is 0. The zero-order valence-electron chi connectivity index (χ0n) is 11.4. The van der Waals surface area contributed by atoms with Gasteiger partial charge in [-0.15, -0.1) is 0 Å². The van der Waals surface area contributed by atoms with E-state index in [0.717, 1.165) is 18.4 Å². The Morgan fingerprint density at radius 2 is 1.47 bits per heavy atom. The summed E-state index contributed by atoms with van der Waals surface area (Å²) in [4.78, 5) is 0.449. The molecule has 1 heterocycles. The molecular weight excluding hydrogens is 258 g/mol. The molecule has 0 spiro atoms. The fraction of sp³-hybridized carbons (Fsp3) is 0.600. The van der Waals surface area contributed by atoms with Crippen molar-refractivity contribution in [1.82, 2.24) is 4.31 Å². The first-order valence-corrected chi connectivity index (χ1v) is 8.65. The summed E-state index contributed by atoms with van der Waals surface area (Å²) < 4.78 is 27.0. The van der Waals surface area contributed by atoms with Crippen molar-refractivity contribution < 1.29 is 8.42 Å². The van der Waals surface area contributed by atoms with E-state index in [1.165, 1.54) is 25.7 Å². The second kappa shape index (κ2) is 4.91. The molecule has 0 amide bonds. The largest absolute Gasteiger partial charge is 0.243 e. The summed E-state index contributed by atoms with van der Waals surface area (Å²) in [7, 11) is -3.26. The lowest BCUT2D eigenvalue weighted by Gasteiger charge is -2.07. The van der Waals surface area contributed by atoms with Crippen LogP contribution in [-0.2, 0) is 10.0 Å². The summed E-state index contributed by atoms with van der Waals surface area (Å²) in [6, 6.07) is 7.75. The van der Waals surface area contributed by atoms with Crippen LogP contribution in [0.4, 0.5) is 0 Å². The van der Waals surface area contributed by atoms with E-state index in [2.05, 4.69) is 0 Å². The van der Waals surface area contributed by atoms with Crippen molar-refractivity contribution in [2.75, 3.05) is 0 Å². The third-order valence-corrected chi connectivity index (χ3v) is 6.32. The molecule has 3 rings (SSSR count). The maximum absolute atomic E-state index is 12.6. The third kappa shape index (κ3) is 2.43. The van der Waals surface area contributed by atoms with Crippen molar-refractivity contribution in [2.24, 2.45) is 0 Å². The Kier molecular flexibility index (Phi) is 3.39. The molecule has 4 heteroatoms. The van der Waals surface area contributed by atoms with Gasteiger partial charge in [0.1, 0.15) is 0 Å². The van der Waals surface area contributed by atoms with E-state index in [9.17, 15) is 8.42 Å². The van der Waals surface area contributed by atoms with E-state index >= 15 is 0 Å². The van der Waals surface area contributed by atoms with Crippen LogP contribution in [0.5, 0.6) is 0 Å². The molecule has 0 aromatic heterocycles. The molecule has 0 radical (unpaired) electrons. The average Bonchev–Trinajstić information content (AvgIpc) is 3.02. The van der Waals surface area contributed by atoms with Crippen LogP contribution in [0.2, 0.25) is 0 Å². The molecule has 1 saturated carbocycles. The van der Waals surface area contributed by atoms with Gasteiger partial charge in [-0.2, -0.15) is 4.31 Å². The fourth-order valence-corrected chi connectivity index (χ4v) is 5.07. The minimum Gasteiger partial charge on any atom is -0.207 e. The predicted octanol–water partition coefficient (Wildman–Crippen LogP) is 3.09. The van der Waals surface area contributed by atoms with Gasteiger partial charge in [0.15, 0.2) is 0 Å². The molecule has 104 valence electrons. The third-order valence-electron chi connectivity index (χ3n) is 4.35. The molecule has 0 N–H and O–H groups in total.